The number of ketones is 1. The van der Waals surface area contributed by atoms with Gasteiger partial charge in [-0.3, -0.25) is 4.79 Å². The number of aliphatic hydroxyl groups is 2. The Kier molecular flexibility index (Phi) is 4.61. The van der Waals surface area contributed by atoms with Crippen LogP contribution in [0.1, 0.15) is 73.1 Å². The van der Waals surface area contributed by atoms with E-state index in [9.17, 15) is 19.8 Å². The van der Waals surface area contributed by atoms with Crippen molar-refractivity contribution in [3.05, 3.63) is 23.3 Å². The summed E-state index contributed by atoms with van der Waals surface area (Å²) in [4.78, 5) is 25.7. The Labute approximate surface area is 201 Å². The molecule has 2 heterocycles. The summed E-state index contributed by atoms with van der Waals surface area (Å²) in [5.41, 5.74) is -1.60. The Bertz CT molecular complexity index is 1030. The van der Waals surface area contributed by atoms with Gasteiger partial charge in [-0.05, 0) is 82.1 Å². The van der Waals surface area contributed by atoms with Crippen molar-refractivity contribution in [1.29, 1.82) is 0 Å². The van der Waals surface area contributed by atoms with Gasteiger partial charge in [-0.1, -0.05) is 25.5 Å². The average molecular weight is 471 g/mol. The number of ether oxygens (including phenoxy) is 2. The van der Waals surface area contributed by atoms with Gasteiger partial charge in [0, 0.05) is 17.9 Å². The highest BCUT2D eigenvalue weighted by molar-refractivity contribution is 5.97. The predicted octanol–water partition coefficient (Wildman–Crippen LogP) is 3.50. The summed E-state index contributed by atoms with van der Waals surface area (Å²) in [5.74, 6) is -0.0746. The maximum absolute atomic E-state index is 13.3. The Balaban J connectivity index is 1.34. The summed E-state index contributed by atoms with van der Waals surface area (Å²) in [5, 5.41) is 24.0. The number of esters is 1. The molecule has 34 heavy (non-hydrogen) atoms. The number of cyclic esters (lactones) is 1. The molecule has 0 unspecified atom stereocenters. The molecule has 4 fully saturated rings. The van der Waals surface area contributed by atoms with Crippen molar-refractivity contribution in [3.8, 4) is 0 Å². The van der Waals surface area contributed by atoms with Gasteiger partial charge in [0.1, 0.15) is 17.8 Å². The Hall–Kier alpha value is -1.50. The van der Waals surface area contributed by atoms with Crippen LogP contribution in [0.5, 0.6) is 0 Å². The molecule has 0 aromatic heterocycles. The van der Waals surface area contributed by atoms with E-state index in [-0.39, 0.29) is 59.2 Å². The summed E-state index contributed by atoms with van der Waals surface area (Å²) in [6.45, 7) is 9.99. The zero-order valence-electron chi connectivity index (χ0n) is 21.0. The number of rotatable bonds is 2. The second kappa shape index (κ2) is 6.83. The van der Waals surface area contributed by atoms with Crippen LogP contribution in [-0.2, 0) is 19.1 Å². The molecular weight excluding hydrogens is 432 g/mol. The third kappa shape index (κ3) is 2.48. The van der Waals surface area contributed by atoms with E-state index in [4.69, 9.17) is 9.47 Å². The van der Waals surface area contributed by atoms with Crippen molar-refractivity contribution in [3.63, 3.8) is 0 Å². The molecule has 2 N–H and O–H groups in total. The van der Waals surface area contributed by atoms with Crippen LogP contribution in [0, 0.1) is 34.5 Å². The molecule has 0 amide bonds. The highest BCUT2D eigenvalue weighted by Gasteiger charge is 2.78. The lowest BCUT2D eigenvalue weighted by atomic mass is 9.43. The molecule has 6 heteroatoms. The van der Waals surface area contributed by atoms with Crippen molar-refractivity contribution in [1.82, 2.24) is 0 Å². The Morgan fingerprint density at radius 2 is 1.79 bits per heavy atom. The highest BCUT2D eigenvalue weighted by atomic mass is 16.6. The summed E-state index contributed by atoms with van der Waals surface area (Å²) < 4.78 is 12.0. The van der Waals surface area contributed by atoms with Crippen molar-refractivity contribution in [2.24, 2.45) is 34.5 Å². The fourth-order valence-electron chi connectivity index (χ4n) is 9.27. The number of carbonyl (C=O) groups excluding carboxylic acids is 2. The number of allylic oxidation sites excluding steroid dienone is 1. The number of fused-ring (bicyclic) bond motifs is 8. The molecular formula is C28H38O6. The van der Waals surface area contributed by atoms with Crippen LogP contribution in [0.15, 0.2) is 23.3 Å². The Morgan fingerprint density at radius 3 is 2.50 bits per heavy atom. The zero-order chi connectivity index (χ0) is 24.4. The molecule has 1 saturated heterocycles. The van der Waals surface area contributed by atoms with Crippen LogP contribution >= 0.6 is 0 Å². The third-order valence-electron chi connectivity index (χ3n) is 11.8. The minimum atomic E-state index is -1.14. The van der Waals surface area contributed by atoms with Gasteiger partial charge in [0.05, 0.1) is 17.1 Å². The molecule has 4 aliphatic carbocycles. The SMILES string of the molecule is CC1=C(C)C(=O)O[C@@H]([C@@H](C)[C@@]2(O)CC[C@H]3[C@@H]4[C@H]5O[C@H]5[C@@]5(O)CC=CC(=O)[C@]5(C)[C@H]4CC[C@@]32C)C1. The maximum atomic E-state index is 13.3. The lowest BCUT2D eigenvalue weighted by molar-refractivity contribution is -0.202. The predicted molar refractivity (Wildman–Crippen MR) is 125 cm³/mol. The number of hydrogen-bond acceptors (Lipinski definition) is 6. The molecule has 0 aromatic rings. The lowest BCUT2D eigenvalue weighted by Gasteiger charge is -2.61. The van der Waals surface area contributed by atoms with E-state index < -0.39 is 16.6 Å². The monoisotopic (exact) mass is 470 g/mol. The van der Waals surface area contributed by atoms with Gasteiger partial charge in [-0.15, -0.1) is 0 Å². The van der Waals surface area contributed by atoms with Crippen LogP contribution in [0.4, 0.5) is 0 Å². The third-order valence-corrected chi connectivity index (χ3v) is 11.8. The van der Waals surface area contributed by atoms with E-state index in [2.05, 4.69) is 6.92 Å². The lowest BCUT2D eigenvalue weighted by Crippen LogP contribution is -2.68. The first kappa shape index (κ1) is 22.9. The van der Waals surface area contributed by atoms with E-state index in [1.54, 1.807) is 19.1 Å². The molecule has 0 spiro atoms. The van der Waals surface area contributed by atoms with E-state index >= 15 is 0 Å². The molecule has 2 aliphatic heterocycles. The summed E-state index contributed by atoms with van der Waals surface area (Å²) in [7, 11) is 0. The number of hydrogen-bond donors (Lipinski definition) is 2. The van der Waals surface area contributed by atoms with E-state index in [0.717, 1.165) is 24.8 Å². The van der Waals surface area contributed by atoms with Gasteiger partial charge < -0.3 is 19.7 Å². The Morgan fingerprint density at radius 1 is 1.09 bits per heavy atom. The van der Waals surface area contributed by atoms with E-state index in [1.807, 2.05) is 20.8 Å². The summed E-state index contributed by atoms with van der Waals surface area (Å²) in [6, 6.07) is 0. The molecule has 11 atom stereocenters. The highest BCUT2D eigenvalue weighted by Crippen LogP contribution is 2.72. The van der Waals surface area contributed by atoms with Gasteiger partial charge in [0.15, 0.2) is 5.78 Å². The van der Waals surface area contributed by atoms with Crippen LogP contribution in [-0.4, -0.2) is 51.5 Å². The van der Waals surface area contributed by atoms with Crippen molar-refractivity contribution < 1.29 is 29.3 Å². The van der Waals surface area contributed by atoms with Crippen LogP contribution < -0.4 is 0 Å². The van der Waals surface area contributed by atoms with Crippen molar-refractivity contribution in [2.45, 2.75) is 103 Å². The largest absolute Gasteiger partial charge is 0.458 e. The molecule has 6 rings (SSSR count). The van der Waals surface area contributed by atoms with Crippen molar-refractivity contribution in [2.75, 3.05) is 0 Å². The zero-order valence-corrected chi connectivity index (χ0v) is 21.0. The normalized spacial score (nSPS) is 54.6. The second-order valence-electron chi connectivity index (χ2n) is 12.7. The topological polar surface area (TPSA) is 96.4 Å². The van der Waals surface area contributed by atoms with Gasteiger partial charge in [-0.25, -0.2) is 4.79 Å². The van der Waals surface area contributed by atoms with Crippen LogP contribution in [0.2, 0.25) is 0 Å². The first-order valence-electron chi connectivity index (χ1n) is 13.1. The molecule has 6 aliphatic rings. The number of epoxide rings is 1. The van der Waals surface area contributed by atoms with Gasteiger partial charge in [0.25, 0.3) is 0 Å². The van der Waals surface area contributed by atoms with E-state index in [0.29, 0.717) is 24.8 Å². The first-order valence-corrected chi connectivity index (χ1v) is 13.1. The molecule has 0 aromatic carbocycles. The van der Waals surface area contributed by atoms with Gasteiger partial charge in [-0.2, -0.15) is 0 Å². The van der Waals surface area contributed by atoms with Crippen LogP contribution in [0.3, 0.4) is 0 Å². The summed E-state index contributed by atoms with van der Waals surface area (Å²) >= 11 is 0. The second-order valence-corrected chi connectivity index (χ2v) is 12.7. The van der Waals surface area contributed by atoms with E-state index in [1.165, 1.54) is 0 Å². The molecule has 0 radical (unpaired) electrons. The minimum Gasteiger partial charge on any atom is -0.458 e. The van der Waals surface area contributed by atoms with Crippen LogP contribution in [0.25, 0.3) is 0 Å². The summed E-state index contributed by atoms with van der Waals surface area (Å²) in [6.07, 6.45) is 6.96. The molecule has 3 saturated carbocycles. The quantitative estimate of drug-likeness (QED) is 0.474. The average Bonchev–Trinajstić information content (AvgIpc) is 3.55. The van der Waals surface area contributed by atoms with Crippen molar-refractivity contribution >= 4 is 11.8 Å². The maximum Gasteiger partial charge on any atom is 0.333 e. The van der Waals surface area contributed by atoms with Gasteiger partial charge >= 0.3 is 5.97 Å². The molecule has 6 nitrogen and oxygen atoms in total. The molecule has 186 valence electrons. The molecule has 0 bridgehead atoms. The standard InChI is InChI=1S/C28H38O6/c1-14-13-19(33-24(30)15(14)2)16(3)27(31)12-9-17-21-18(8-11-25(17,27)4)26(5)20(29)7-6-10-28(26,32)23-22(21)34-23/h6-7,16-19,21-23,31-32H,8-13H2,1-5H3/t16-,17+,18+,19-,21+,22-,23-,25+,26+,27+,28+/m1/s1. The first-order chi connectivity index (χ1) is 15.9. The minimum absolute atomic E-state index is 0.0159. The van der Waals surface area contributed by atoms with Gasteiger partial charge in [0.2, 0.25) is 0 Å². The smallest absolute Gasteiger partial charge is 0.333 e. The fraction of sp³-hybridized carbons (Fsp3) is 0.786. The number of carbonyl (C=O) groups is 2. The fourth-order valence-corrected chi connectivity index (χ4v) is 9.27.